The van der Waals surface area contributed by atoms with Crippen LogP contribution < -0.4 is 4.74 Å². The van der Waals surface area contributed by atoms with Crippen LogP contribution in [-0.4, -0.2) is 35.2 Å². The van der Waals surface area contributed by atoms with Gasteiger partial charge in [-0.25, -0.2) is 0 Å². The number of benzene rings is 2. The van der Waals surface area contributed by atoms with Crippen molar-refractivity contribution in [2.24, 2.45) is 11.8 Å². The van der Waals surface area contributed by atoms with Crippen molar-refractivity contribution in [1.82, 2.24) is 4.90 Å². The summed E-state index contributed by atoms with van der Waals surface area (Å²) in [5.74, 6) is 1.00. The molecule has 0 aromatic heterocycles. The summed E-state index contributed by atoms with van der Waals surface area (Å²) in [4.78, 5) is 13.4. The van der Waals surface area contributed by atoms with Gasteiger partial charge in [0.25, 0.3) is 0 Å². The number of fused-ring (bicyclic) bond motifs is 1. The molecule has 1 saturated heterocycles. The maximum Gasteiger partial charge on any atom is 0.307 e. The van der Waals surface area contributed by atoms with E-state index in [1.165, 1.54) is 61.3 Å². The largest absolute Gasteiger partial charge is 0.490 e. The molecular formula is C26H35NO3. The molecule has 0 unspecified atom stereocenters. The summed E-state index contributed by atoms with van der Waals surface area (Å²) in [7, 11) is 0. The molecule has 4 heteroatoms. The van der Waals surface area contributed by atoms with E-state index in [0.717, 1.165) is 31.2 Å². The van der Waals surface area contributed by atoms with Crippen molar-refractivity contribution < 1.29 is 14.6 Å². The van der Waals surface area contributed by atoms with Gasteiger partial charge in [-0.05, 0) is 79.1 Å². The van der Waals surface area contributed by atoms with E-state index in [-0.39, 0.29) is 5.92 Å². The molecule has 0 amide bonds. The van der Waals surface area contributed by atoms with Gasteiger partial charge in [-0.15, -0.1) is 0 Å². The molecule has 2 aromatic rings. The van der Waals surface area contributed by atoms with Crippen LogP contribution in [0.1, 0.15) is 63.9 Å². The number of hydrogen-bond donors (Lipinski definition) is 1. The fourth-order valence-corrected chi connectivity index (χ4v) is 5.10. The fraction of sp³-hybridized carbons (Fsp3) is 0.577. The topological polar surface area (TPSA) is 49.8 Å². The lowest BCUT2D eigenvalue weighted by atomic mass is 9.84. The van der Waals surface area contributed by atoms with Gasteiger partial charge in [0.15, 0.2) is 0 Å². The first-order chi connectivity index (χ1) is 14.6. The molecule has 1 atom stereocenters. The number of unbranched alkanes of at least 4 members (excludes halogenated alkanes) is 1. The van der Waals surface area contributed by atoms with Gasteiger partial charge in [0, 0.05) is 13.1 Å². The van der Waals surface area contributed by atoms with Crippen LogP contribution in [-0.2, 0) is 11.3 Å². The lowest BCUT2D eigenvalue weighted by molar-refractivity contribution is -0.141. The van der Waals surface area contributed by atoms with Crippen LogP contribution in [0.2, 0.25) is 0 Å². The Morgan fingerprint density at radius 3 is 2.57 bits per heavy atom. The zero-order valence-corrected chi connectivity index (χ0v) is 18.2. The van der Waals surface area contributed by atoms with E-state index < -0.39 is 5.97 Å². The molecule has 1 saturated carbocycles. The number of hydrogen-bond acceptors (Lipinski definition) is 3. The molecule has 4 nitrogen and oxygen atoms in total. The lowest BCUT2D eigenvalue weighted by Gasteiger charge is -2.29. The molecule has 4 rings (SSSR count). The van der Waals surface area contributed by atoms with Crippen LogP contribution in [0.15, 0.2) is 36.4 Å². The van der Waals surface area contributed by atoms with Gasteiger partial charge < -0.3 is 9.84 Å². The molecule has 162 valence electrons. The first-order valence-electron chi connectivity index (χ1n) is 11.7. The second kappa shape index (κ2) is 9.82. The van der Waals surface area contributed by atoms with Crippen LogP contribution in [0, 0.1) is 11.8 Å². The van der Waals surface area contributed by atoms with Gasteiger partial charge in [-0.1, -0.05) is 44.4 Å². The molecule has 1 aliphatic heterocycles. The van der Waals surface area contributed by atoms with Crippen LogP contribution >= 0.6 is 0 Å². The highest BCUT2D eigenvalue weighted by Crippen LogP contribution is 2.32. The van der Waals surface area contributed by atoms with E-state index >= 15 is 0 Å². The van der Waals surface area contributed by atoms with Gasteiger partial charge in [-0.3, -0.25) is 9.69 Å². The molecule has 0 spiro atoms. The van der Waals surface area contributed by atoms with Crippen molar-refractivity contribution in [3.63, 3.8) is 0 Å². The molecule has 0 radical (unpaired) electrons. The predicted molar refractivity (Wildman–Crippen MR) is 121 cm³/mol. The molecule has 0 bridgehead atoms. The highest BCUT2D eigenvalue weighted by molar-refractivity contribution is 5.84. The summed E-state index contributed by atoms with van der Waals surface area (Å²) in [5.41, 5.74) is 1.24. The number of rotatable bonds is 8. The Balaban J connectivity index is 1.33. The minimum atomic E-state index is -0.669. The quantitative estimate of drug-likeness (QED) is 0.592. The summed E-state index contributed by atoms with van der Waals surface area (Å²) >= 11 is 0. The maximum atomic E-state index is 11.2. The number of carboxylic acid groups (broad SMARTS) is 1. The monoisotopic (exact) mass is 409 g/mol. The Morgan fingerprint density at radius 1 is 1.07 bits per heavy atom. The van der Waals surface area contributed by atoms with Gasteiger partial charge in [0.2, 0.25) is 0 Å². The van der Waals surface area contributed by atoms with Crippen molar-refractivity contribution in [2.75, 3.05) is 13.1 Å². The summed E-state index contributed by atoms with van der Waals surface area (Å²) < 4.78 is 6.32. The van der Waals surface area contributed by atoms with Crippen molar-refractivity contribution in [1.29, 1.82) is 0 Å². The van der Waals surface area contributed by atoms with E-state index in [9.17, 15) is 9.90 Å². The fourth-order valence-electron chi connectivity index (χ4n) is 5.10. The minimum Gasteiger partial charge on any atom is -0.490 e. The van der Waals surface area contributed by atoms with Crippen molar-refractivity contribution in [2.45, 2.75) is 70.9 Å². The summed E-state index contributed by atoms with van der Waals surface area (Å²) in [6, 6.07) is 13.0. The van der Waals surface area contributed by atoms with Crippen molar-refractivity contribution in [3.05, 3.63) is 42.0 Å². The minimum absolute atomic E-state index is 0.216. The number of aliphatic carboxylic acids is 1. The van der Waals surface area contributed by atoms with E-state index in [4.69, 9.17) is 4.74 Å². The molecule has 2 fully saturated rings. The number of likely N-dealkylation sites (tertiary alicyclic amines) is 1. The van der Waals surface area contributed by atoms with Gasteiger partial charge in [-0.2, -0.15) is 0 Å². The van der Waals surface area contributed by atoms with E-state index in [2.05, 4.69) is 48.2 Å². The molecule has 2 aliphatic rings. The number of ether oxygens (including phenoxy) is 1. The Labute approximate surface area is 180 Å². The predicted octanol–water partition coefficient (Wildman–Crippen LogP) is 5.87. The van der Waals surface area contributed by atoms with E-state index in [0.29, 0.717) is 12.6 Å². The second-order valence-electron chi connectivity index (χ2n) is 9.31. The van der Waals surface area contributed by atoms with Gasteiger partial charge in [0.05, 0.1) is 12.0 Å². The summed E-state index contributed by atoms with van der Waals surface area (Å²) in [5, 5.41) is 11.6. The normalized spacial score (nSPS) is 24.9. The van der Waals surface area contributed by atoms with Gasteiger partial charge >= 0.3 is 5.97 Å². The van der Waals surface area contributed by atoms with Crippen LogP contribution in [0.3, 0.4) is 0 Å². The van der Waals surface area contributed by atoms with Crippen molar-refractivity contribution in [3.8, 4) is 5.75 Å². The summed E-state index contributed by atoms with van der Waals surface area (Å²) in [6.45, 7) is 4.61. The van der Waals surface area contributed by atoms with Crippen LogP contribution in [0.25, 0.3) is 10.8 Å². The maximum absolute atomic E-state index is 11.2. The summed E-state index contributed by atoms with van der Waals surface area (Å²) in [6.07, 6.45) is 10.1. The lowest BCUT2D eigenvalue weighted by Crippen LogP contribution is -2.24. The third-order valence-corrected chi connectivity index (χ3v) is 6.97. The zero-order valence-electron chi connectivity index (χ0n) is 18.2. The smallest absolute Gasteiger partial charge is 0.307 e. The third kappa shape index (κ3) is 5.34. The molecular weight excluding hydrogens is 374 g/mol. The second-order valence-corrected chi connectivity index (χ2v) is 9.31. The Kier molecular flexibility index (Phi) is 6.93. The molecule has 1 N–H and O–H groups in total. The van der Waals surface area contributed by atoms with E-state index in [1.807, 2.05) is 0 Å². The average Bonchev–Trinajstić information content (AvgIpc) is 3.22. The Hall–Kier alpha value is -2.07. The molecule has 1 heterocycles. The number of carbonyl (C=O) groups is 1. The zero-order chi connectivity index (χ0) is 20.9. The van der Waals surface area contributed by atoms with Crippen LogP contribution in [0.4, 0.5) is 0 Å². The molecule has 2 aromatic carbocycles. The van der Waals surface area contributed by atoms with Crippen LogP contribution in [0.5, 0.6) is 5.75 Å². The highest BCUT2D eigenvalue weighted by atomic mass is 16.5. The molecule has 1 aliphatic carbocycles. The SMILES string of the molecule is CCCCC1CCC(Oc2ccc3cc(CN4CC[C@@H](C(=O)O)C4)ccc3c2)CC1. The Bertz CT molecular complexity index is 856. The Morgan fingerprint density at radius 2 is 1.83 bits per heavy atom. The molecule has 30 heavy (non-hydrogen) atoms. The number of carboxylic acids is 1. The first kappa shape index (κ1) is 21.2. The van der Waals surface area contributed by atoms with E-state index in [1.54, 1.807) is 0 Å². The van der Waals surface area contributed by atoms with Gasteiger partial charge in [0.1, 0.15) is 5.75 Å². The standard InChI is InChI=1S/C26H35NO3/c1-2-3-4-19-6-10-24(11-7-19)30-25-12-9-21-15-20(5-8-22(21)16-25)17-27-14-13-23(18-27)26(28)29/h5,8-9,12,15-16,19,23-24H,2-4,6-7,10-11,13-14,17-18H2,1H3,(H,28,29)/t19?,23-,24?/m1/s1. The average molecular weight is 410 g/mol. The first-order valence-corrected chi connectivity index (χ1v) is 11.7. The highest BCUT2D eigenvalue weighted by Gasteiger charge is 2.27. The number of nitrogens with zero attached hydrogens (tertiary/aromatic N) is 1. The van der Waals surface area contributed by atoms with Crippen molar-refractivity contribution >= 4 is 16.7 Å². The third-order valence-electron chi connectivity index (χ3n) is 6.97.